The number of hydrogen-bond acceptors (Lipinski definition) is 2. The summed E-state index contributed by atoms with van der Waals surface area (Å²) in [7, 11) is 1.98. The molecule has 0 bridgehead atoms. The van der Waals surface area contributed by atoms with Gasteiger partial charge >= 0.3 is 0 Å². The zero-order valence-corrected chi connectivity index (χ0v) is 8.72. The second kappa shape index (κ2) is 5.55. The number of nitrogens with zero attached hydrogens (tertiary/aromatic N) is 1. The van der Waals surface area contributed by atoms with Gasteiger partial charge in [-0.25, -0.2) is 4.39 Å². The number of piperidine rings is 1. The number of likely N-dealkylation sites (N-methyl/N-ethyl adjacent to an activating group) is 1. The van der Waals surface area contributed by atoms with Gasteiger partial charge in [0.2, 0.25) is 0 Å². The highest BCUT2D eigenvalue weighted by Crippen LogP contribution is 2.19. The third-order valence-corrected chi connectivity index (χ3v) is 3.07. The molecule has 78 valence electrons. The normalized spacial score (nSPS) is 27.5. The molecule has 1 aliphatic rings. The van der Waals surface area contributed by atoms with Crippen LogP contribution in [0.15, 0.2) is 0 Å². The Morgan fingerprint density at radius 2 is 2.31 bits per heavy atom. The third kappa shape index (κ3) is 2.92. The molecule has 2 unspecified atom stereocenters. The van der Waals surface area contributed by atoms with Gasteiger partial charge in [0.15, 0.2) is 0 Å². The highest BCUT2D eigenvalue weighted by atomic mass is 19.1. The molecule has 0 aromatic carbocycles. The van der Waals surface area contributed by atoms with Gasteiger partial charge in [0, 0.05) is 18.6 Å². The van der Waals surface area contributed by atoms with Gasteiger partial charge in [0.1, 0.15) is 6.67 Å². The molecule has 13 heavy (non-hydrogen) atoms. The van der Waals surface area contributed by atoms with Crippen molar-refractivity contribution in [1.82, 2.24) is 10.2 Å². The largest absolute Gasteiger partial charge is 0.316 e. The van der Waals surface area contributed by atoms with E-state index in [0.717, 1.165) is 6.54 Å². The van der Waals surface area contributed by atoms with Gasteiger partial charge < -0.3 is 5.32 Å². The Kier molecular flexibility index (Phi) is 4.67. The Morgan fingerprint density at radius 1 is 1.54 bits per heavy atom. The van der Waals surface area contributed by atoms with Crippen LogP contribution in [0.2, 0.25) is 0 Å². The first-order chi connectivity index (χ1) is 6.29. The van der Waals surface area contributed by atoms with Crippen LogP contribution in [0.4, 0.5) is 4.39 Å². The van der Waals surface area contributed by atoms with E-state index in [9.17, 15) is 4.39 Å². The van der Waals surface area contributed by atoms with Crippen molar-refractivity contribution in [2.75, 3.05) is 26.8 Å². The molecule has 0 spiro atoms. The third-order valence-electron chi connectivity index (χ3n) is 3.07. The first kappa shape index (κ1) is 10.9. The highest BCUT2D eigenvalue weighted by Gasteiger charge is 2.25. The first-order valence-corrected chi connectivity index (χ1v) is 5.27. The molecule has 1 rings (SSSR count). The van der Waals surface area contributed by atoms with Crippen LogP contribution in [0.3, 0.4) is 0 Å². The molecule has 0 radical (unpaired) electrons. The lowest BCUT2D eigenvalue weighted by Crippen LogP contribution is -2.50. The fraction of sp³-hybridized carbons (Fsp3) is 1.00. The van der Waals surface area contributed by atoms with Crippen molar-refractivity contribution in [3.63, 3.8) is 0 Å². The maximum Gasteiger partial charge on any atom is 0.102 e. The first-order valence-electron chi connectivity index (χ1n) is 5.27. The lowest BCUT2D eigenvalue weighted by atomic mass is 9.97. The van der Waals surface area contributed by atoms with Crippen LogP contribution in [0.1, 0.15) is 26.2 Å². The summed E-state index contributed by atoms with van der Waals surface area (Å²) in [4.78, 5) is 2.28. The van der Waals surface area contributed by atoms with Crippen molar-refractivity contribution < 1.29 is 4.39 Å². The minimum atomic E-state index is -0.215. The highest BCUT2D eigenvalue weighted by molar-refractivity contribution is 4.83. The zero-order chi connectivity index (χ0) is 9.68. The maximum atomic E-state index is 12.3. The number of hydrogen-bond donors (Lipinski definition) is 1. The fourth-order valence-corrected chi connectivity index (χ4v) is 2.16. The summed E-state index contributed by atoms with van der Waals surface area (Å²) in [5, 5.41) is 3.26. The molecule has 0 amide bonds. The summed E-state index contributed by atoms with van der Waals surface area (Å²) >= 11 is 0. The van der Waals surface area contributed by atoms with Gasteiger partial charge in [-0.05, 0) is 33.4 Å². The Morgan fingerprint density at radius 3 is 2.92 bits per heavy atom. The van der Waals surface area contributed by atoms with Crippen LogP contribution in [0.5, 0.6) is 0 Å². The van der Waals surface area contributed by atoms with Crippen molar-refractivity contribution in [1.29, 1.82) is 0 Å². The van der Waals surface area contributed by atoms with Crippen LogP contribution in [0.25, 0.3) is 0 Å². The molecule has 1 fully saturated rings. The van der Waals surface area contributed by atoms with E-state index < -0.39 is 0 Å². The molecule has 3 heteroatoms. The van der Waals surface area contributed by atoms with Crippen molar-refractivity contribution in [3.05, 3.63) is 0 Å². The van der Waals surface area contributed by atoms with Crippen LogP contribution in [-0.2, 0) is 0 Å². The van der Waals surface area contributed by atoms with Crippen molar-refractivity contribution >= 4 is 0 Å². The topological polar surface area (TPSA) is 15.3 Å². The minimum absolute atomic E-state index is 0.215. The average molecular weight is 188 g/mol. The van der Waals surface area contributed by atoms with E-state index in [2.05, 4.69) is 17.1 Å². The Labute approximate surface area is 80.5 Å². The number of likely N-dealkylation sites (tertiary alicyclic amines) is 1. The predicted octanol–water partition coefficient (Wildman–Crippen LogP) is 1.42. The van der Waals surface area contributed by atoms with Gasteiger partial charge in [0.05, 0.1) is 0 Å². The standard InChI is InChI=1S/C10H21FN2/c1-9(12-2)10-5-3-4-7-13(10)8-6-11/h9-10,12H,3-8H2,1-2H3. The van der Waals surface area contributed by atoms with E-state index in [4.69, 9.17) is 0 Å². The van der Waals surface area contributed by atoms with E-state index in [-0.39, 0.29) is 6.67 Å². The van der Waals surface area contributed by atoms with E-state index in [0.29, 0.717) is 18.6 Å². The molecular formula is C10H21FN2. The van der Waals surface area contributed by atoms with E-state index >= 15 is 0 Å². The van der Waals surface area contributed by atoms with Gasteiger partial charge in [-0.3, -0.25) is 4.90 Å². The van der Waals surface area contributed by atoms with Gasteiger partial charge in [-0.1, -0.05) is 6.42 Å². The molecular weight excluding hydrogens is 167 g/mol. The Balaban J connectivity index is 2.45. The van der Waals surface area contributed by atoms with Crippen LogP contribution in [0, 0.1) is 0 Å². The smallest absolute Gasteiger partial charge is 0.102 e. The lowest BCUT2D eigenvalue weighted by molar-refractivity contribution is 0.113. The molecule has 0 saturated carbocycles. The molecule has 2 atom stereocenters. The van der Waals surface area contributed by atoms with E-state index in [1.807, 2.05) is 7.05 Å². The lowest BCUT2D eigenvalue weighted by Gasteiger charge is -2.38. The van der Waals surface area contributed by atoms with Gasteiger partial charge in [0.25, 0.3) is 0 Å². The summed E-state index contributed by atoms with van der Waals surface area (Å²) < 4.78 is 12.3. The average Bonchev–Trinajstić information content (AvgIpc) is 2.18. The second-order valence-electron chi connectivity index (χ2n) is 3.87. The quantitative estimate of drug-likeness (QED) is 0.718. The van der Waals surface area contributed by atoms with Gasteiger partial charge in [-0.2, -0.15) is 0 Å². The summed E-state index contributed by atoms with van der Waals surface area (Å²) in [5.74, 6) is 0. The Bertz CT molecular complexity index is 139. The SMILES string of the molecule is CNC(C)C1CCCCN1CCF. The summed E-state index contributed by atoms with van der Waals surface area (Å²) in [6, 6.07) is 1.02. The number of halogens is 1. The Hall–Kier alpha value is -0.150. The van der Waals surface area contributed by atoms with Gasteiger partial charge in [-0.15, -0.1) is 0 Å². The van der Waals surface area contributed by atoms with Crippen LogP contribution < -0.4 is 5.32 Å². The molecule has 1 saturated heterocycles. The van der Waals surface area contributed by atoms with E-state index in [1.165, 1.54) is 19.3 Å². The van der Waals surface area contributed by atoms with Crippen LogP contribution >= 0.6 is 0 Å². The number of nitrogens with one attached hydrogen (secondary N) is 1. The molecule has 2 nitrogen and oxygen atoms in total. The number of rotatable bonds is 4. The van der Waals surface area contributed by atoms with Crippen LogP contribution in [-0.4, -0.2) is 43.8 Å². The molecule has 1 aliphatic heterocycles. The van der Waals surface area contributed by atoms with Crippen molar-refractivity contribution in [2.24, 2.45) is 0 Å². The molecule has 0 aromatic rings. The number of alkyl halides is 1. The summed E-state index contributed by atoms with van der Waals surface area (Å²) in [5.41, 5.74) is 0. The monoisotopic (exact) mass is 188 g/mol. The van der Waals surface area contributed by atoms with Crippen molar-refractivity contribution in [2.45, 2.75) is 38.3 Å². The fourth-order valence-electron chi connectivity index (χ4n) is 2.16. The second-order valence-corrected chi connectivity index (χ2v) is 3.87. The summed E-state index contributed by atoms with van der Waals surface area (Å²) in [6.07, 6.45) is 3.73. The molecule has 1 heterocycles. The maximum absolute atomic E-state index is 12.3. The molecule has 0 aromatic heterocycles. The summed E-state index contributed by atoms with van der Waals surface area (Å²) in [6.45, 7) is 3.64. The minimum Gasteiger partial charge on any atom is -0.316 e. The zero-order valence-electron chi connectivity index (χ0n) is 8.72. The molecule has 0 aliphatic carbocycles. The van der Waals surface area contributed by atoms with E-state index in [1.54, 1.807) is 0 Å². The van der Waals surface area contributed by atoms with Crippen molar-refractivity contribution in [3.8, 4) is 0 Å². The molecule has 1 N–H and O–H groups in total. The predicted molar refractivity (Wildman–Crippen MR) is 53.7 cm³/mol.